The largest absolute Gasteiger partial charge is 0.486 e. The molecule has 7 heteroatoms. The van der Waals surface area contributed by atoms with Crippen LogP contribution in [0.3, 0.4) is 0 Å². The Morgan fingerprint density at radius 2 is 1.90 bits per heavy atom. The van der Waals surface area contributed by atoms with Crippen LogP contribution in [0.2, 0.25) is 0 Å². The number of nitrogen functional groups attached to an aromatic ring is 1. The summed E-state index contributed by atoms with van der Waals surface area (Å²) in [7, 11) is 0. The van der Waals surface area contributed by atoms with Crippen LogP contribution >= 0.6 is 0 Å². The minimum Gasteiger partial charge on any atom is -0.486 e. The maximum Gasteiger partial charge on any atom is 0.267 e. The Morgan fingerprint density at radius 3 is 2.67 bits per heavy atom. The normalized spacial score (nSPS) is 12.8. The summed E-state index contributed by atoms with van der Waals surface area (Å²) in [5, 5.41) is 3.04. The second kappa shape index (κ2) is 5.20. The van der Waals surface area contributed by atoms with E-state index in [-0.39, 0.29) is 5.69 Å². The summed E-state index contributed by atoms with van der Waals surface area (Å²) in [4.78, 5) is 15.3. The Balaban J connectivity index is 1.89. The van der Waals surface area contributed by atoms with E-state index in [1.807, 2.05) is 6.07 Å². The second-order valence-corrected chi connectivity index (χ2v) is 4.48. The molecule has 1 aliphatic rings. The van der Waals surface area contributed by atoms with Crippen molar-refractivity contribution in [1.82, 2.24) is 4.98 Å². The number of pyridine rings is 1. The maximum atomic E-state index is 11.2. The zero-order chi connectivity index (χ0) is 14.8. The zero-order valence-electron chi connectivity index (χ0n) is 11.1. The van der Waals surface area contributed by atoms with Crippen LogP contribution in [0.1, 0.15) is 10.5 Å². The molecule has 1 aromatic carbocycles. The number of nitrogens with one attached hydrogen (secondary N) is 1. The first-order chi connectivity index (χ1) is 10.1. The number of primary amides is 1. The molecule has 0 atom stereocenters. The molecule has 21 heavy (non-hydrogen) atoms. The first-order valence-electron chi connectivity index (χ1n) is 6.36. The highest BCUT2D eigenvalue weighted by Gasteiger charge is 2.13. The maximum absolute atomic E-state index is 11.2. The van der Waals surface area contributed by atoms with Gasteiger partial charge in [-0.2, -0.15) is 0 Å². The molecule has 2 heterocycles. The van der Waals surface area contributed by atoms with Gasteiger partial charge in [0.2, 0.25) is 0 Å². The summed E-state index contributed by atoms with van der Waals surface area (Å²) in [6, 6.07) is 8.45. The van der Waals surface area contributed by atoms with Gasteiger partial charge in [-0.25, -0.2) is 4.98 Å². The van der Waals surface area contributed by atoms with Crippen molar-refractivity contribution < 1.29 is 14.3 Å². The lowest BCUT2D eigenvalue weighted by Gasteiger charge is -2.19. The van der Waals surface area contributed by atoms with Gasteiger partial charge in [-0.05, 0) is 24.3 Å². The molecular weight excluding hydrogens is 272 g/mol. The van der Waals surface area contributed by atoms with E-state index in [2.05, 4.69) is 10.3 Å². The van der Waals surface area contributed by atoms with E-state index in [0.29, 0.717) is 36.2 Å². The van der Waals surface area contributed by atoms with Crippen LogP contribution in [0.4, 0.5) is 17.2 Å². The van der Waals surface area contributed by atoms with E-state index in [0.717, 1.165) is 5.69 Å². The fraction of sp³-hybridized carbons (Fsp3) is 0.143. The molecule has 0 spiro atoms. The van der Waals surface area contributed by atoms with Gasteiger partial charge in [-0.15, -0.1) is 0 Å². The summed E-state index contributed by atoms with van der Waals surface area (Å²) in [5.41, 5.74) is 12.3. The van der Waals surface area contributed by atoms with Crippen molar-refractivity contribution in [3.8, 4) is 11.5 Å². The number of hydrogen-bond acceptors (Lipinski definition) is 6. The van der Waals surface area contributed by atoms with E-state index in [1.165, 1.54) is 6.07 Å². The highest BCUT2D eigenvalue weighted by molar-refractivity contribution is 5.92. The number of amides is 1. The summed E-state index contributed by atoms with van der Waals surface area (Å²) < 4.78 is 11.0. The van der Waals surface area contributed by atoms with Crippen LogP contribution in [0.25, 0.3) is 0 Å². The van der Waals surface area contributed by atoms with Crippen LogP contribution in [0, 0.1) is 0 Å². The van der Waals surface area contributed by atoms with E-state index < -0.39 is 5.91 Å². The Hall–Kier alpha value is -2.96. The van der Waals surface area contributed by atoms with Gasteiger partial charge in [0.15, 0.2) is 17.3 Å². The van der Waals surface area contributed by atoms with Crippen molar-refractivity contribution in [1.29, 1.82) is 0 Å². The lowest BCUT2D eigenvalue weighted by Crippen LogP contribution is -2.15. The molecule has 0 bridgehead atoms. The number of hydrogen-bond donors (Lipinski definition) is 3. The van der Waals surface area contributed by atoms with Gasteiger partial charge in [-0.1, -0.05) is 0 Å². The Morgan fingerprint density at radius 1 is 1.14 bits per heavy atom. The molecule has 0 aliphatic carbocycles. The third-order valence-corrected chi connectivity index (χ3v) is 2.98. The molecule has 0 radical (unpaired) electrons. The number of carbonyl (C=O) groups excluding carboxylic acids is 1. The highest BCUT2D eigenvalue weighted by Crippen LogP contribution is 2.34. The van der Waals surface area contributed by atoms with Gasteiger partial charge in [0.1, 0.15) is 18.9 Å². The molecule has 0 saturated carbocycles. The molecule has 0 fully saturated rings. The van der Waals surface area contributed by atoms with Crippen molar-refractivity contribution in [2.45, 2.75) is 0 Å². The van der Waals surface area contributed by atoms with Crippen LogP contribution in [0.15, 0.2) is 30.3 Å². The lowest BCUT2D eigenvalue weighted by molar-refractivity contribution is 0.0996. The highest BCUT2D eigenvalue weighted by atomic mass is 16.6. The van der Waals surface area contributed by atoms with Crippen LogP contribution in [0.5, 0.6) is 11.5 Å². The molecule has 0 saturated heterocycles. The van der Waals surface area contributed by atoms with E-state index >= 15 is 0 Å². The third-order valence-electron chi connectivity index (χ3n) is 2.98. The topological polar surface area (TPSA) is 112 Å². The first-order valence-corrected chi connectivity index (χ1v) is 6.36. The Labute approximate surface area is 120 Å². The molecule has 1 amide bonds. The zero-order valence-corrected chi connectivity index (χ0v) is 11.1. The minimum atomic E-state index is -0.611. The molecule has 3 rings (SSSR count). The van der Waals surface area contributed by atoms with Crippen molar-refractivity contribution in [3.05, 3.63) is 36.0 Å². The van der Waals surface area contributed by atoms with E-state index in [1.54, 1.807) is 18.2 Å². The van der Waals surface area contributed by atoms with Gasteiger partial charge >= 0.3 is 0 Å². The number of benzene rings is 1. The number of carbonyl (C=O) groups is 1. The van der Waals surface area contributed by atoms with E-state index in [9.17, 15) is 4.79 Å². The Kier molecular flexibility index (Phi) is 3.23. The fourth-order valence-corrected chi connectivity index (χ4v) is 1.97. The van der Waals surface area contributed by atoms with Crippen LogP contribution in [-0.2, 0) is 0 Å². The summed E-state index contributed by atoms with van der Waals surface area (Å²) in [6.07, 6.45) is 0. The average Bonchev–Trinajstić information content (AvgIpc) is 2.49. The molecule has 108 valence electrons. The number of nitrogens with two attached hydrogens (primary N) is 2. The summed E-state index contributed by atoms with van der Waals surface area (Å²) >= 11 is 0. The molecular formula is C14H14N4O3. The third kappa shape index (κ3) is 2.66. The molecule has 2 aromatic rings. The van der Waals surface area contributed by atoms with Crippen LogP contribution in [-0.4, -0.2) is 24.1 Å². The first kappa shape index (κ1) is 13.0. The number of aromatic nitrogens is 1. The molecule has 5 N–H and O–H groups in total. The average molecular weight is 286 g/mol. The number of rotatable bonds is 3. The minimum absolute atomic E-state index is 0.143. The number of ether oxygens (including phenoxy) is 2. The SMILES string of the molecule is NC(=O)c1ccc(N)c(Nc2ccc3c(c2)OCCO3)n1. The number of fused-ring (bicyclic) bond motifs is 1. The monoisotopic (exact) mass is 286 g/mol. The second-order valence-electron chi connectivity index (χ2n) is 4.48. The smallest absolute Gasteiger partial charge is 0.267 e. The molecule has 1 aliphatic heterocycles. The van der Waals surface area contributed by atoms with Crippen molar-refractivity contribution in [3.63, 3.8) is 0 Å². The van der Waals surface area contributed by atoms with Gasteiger partial charge in [0, 0.05) is 11.8 Å². The predicted octanol–water partition coefficient (Wildman–Crippen LogP) is 1.28. The standard InChI is InChI=1S/C14H14N4O3/c15-9-2-3-10(13(16)19)18-14(9)17-8-1-4-11-12(7-8)21-6-5-20-11/h1-4,7H,5-6,15H2,(H2,16,19)(H,17,18). The summed E-state index contributed by atoms with van der Waals surface area (Å²) in [6.45, 7) is 1.04. The van der Waals surface area contributed by atoms with Crippen molar-refractivity contribution >= 4 is 23.1 Å². The van der Waals surface area contributed by atoms with Crippen LogP contribution < -0.4 is 26.3 Å². The number of anilines is 3. The Bertz CT molecular complexity index is 703. The summed E-state index contributed by atoms with van der Waals surface area (Å²) in [5.74, 6) is 1.10. The van der Waals surface area contributed by atoms with E-state index in [4.69, 9.17) is 20.9 Å². The molecule has 1 aromatic heterocycles. The fourth-order valence-electron chi connectivity index (χ4n) is 1.97. The lowest BCUT2D eigenvalue weighted by atomic mass is 10.2. The molecule has 0 unspecified atom stereocenters. The van der Waals surface area contributed by atoms with Crippen molar-refractivity contribution in [2.24, 2.45) is 5.73 Å². The van der Waals surface area contributed by atoms with Gasteiger partial charge < -0.3 is 26.3 Å². The van der Waals surface area contributed by atoms with Gasteiger partial charge in [0.25, 0.3) is 5.91 Å². The number of nitrogens with zero attached hydrogens (tertiary/aromatic N) is 1. The van der Waals surface area contributed by atoms with Gasteiger partial charge in [-0.3, -0.25) is 4.79 Å². The van der Waals surface area contributed by atoms with Crippen molar-refractivity contribution in [2.75, 3.05) is 24.3 Å². The van der Waals surface area contributed by atoms with Gasteiger partial charge in [0.05, 0.1) is 5.69 Å². The quantitative estimate of drug-likeness (QED) is 0.783. The predicted molar refractivity (Wildman–Crippen MR) is 77.9 cm³/mol. The molecule has 7 nitrogen and oxygen atoms in total.